The molecule has 1 aliphatic rings. The van der Waals surface area contributed by atoms with Gasteiger partial charge >= 0.3 is 0 Å². The van der Waals surface area contributed by atoms with Gasteiger partial charge in [-0.05, 0) is 24.1 Å². The lowest BCUT2D eigenvalue weighted by Gasteiger charge is -2.34. The summed E-state index contributed by atoms with van der Waals surface area (Å²) in [6.45, 7) is 7.11. The third-order valence-corrected chi connectivity index (χ3v) is 3.60. The molecule has 2 rings (SSSR count). The Bertz CT molecular complexity index is 384. The van der Waals surface area contributed by atoms with Crippen molar-refractivity contribution in [1.29, 1.82) is 0 Å². The van der Waals surface area contributed by atoms with Gasteiger partial charge in [0.25, 0.3) is 0 Å². The Labute approximate surface area is 115 Å². The van der Waals surface area contributed by atoms with Crippen molar-refractivity contribution >= 4 is 0 Å². The number of nitrogens with two attached hydrogens (primary N) is 1. The average Bonchev–Trinajstić information content (AvgIpc) is 2.48. The summed E-state index contributed by atoms with van der Waals surface area (Å²) < 4.78 is 11.3. The third-order valence-electron chi connectivity index (χ3n) is 3.60. The summed E-state index contributed by atoms with van der Waals surface area (Å²) in [7, 11) is 0. The first-order valence-electron chi connectivity index (χ1n) is 7.07. The predicted molar refractivity (Wildman–Crippen MR) is 76.3 cm³/mol. The zero-order valence-electron chi connectivity index (χ0n) is 11.7. The molecule has 1 aromatic rings. The van der Waals surface area contributed by atoms with Crippen LogP contribution in [0, 0.1) is 0 Å². The summed E-state index contributed by atoms with van der Waals surface area (Å²) in [4.78, 5) is 2.45. The molecular weight excluding hydrogens is 240 g/mol. The second kappa shape index (κ2) is 7.48. The smallest absolute Gasteiger partial charge is 0.119 e. The number of benzene rings is 1. The van der Waals surface area contributed by atoms with Gasteiger partial charge in [-0.3, -0.25) is 4.90 Å². The molecule has 4 heteroatoms. The van der Waals surface area contributed by atoms with E-state index >= 15 is 0 Å². The molecule has 1 heterocycles. The van der Waals surface area contributed by atoms with E-state index in [0.29, 0.717) is 19.2 Å². The number of nitrogens with zero attached hydrogens (tertiary/aromatic N) is 1. The highest BCUT2D eigenvalue weighted by molar-refractivity contribution is 5.28. The van der Waals surface area contributed by atoms with E-state index in [1.165, 1.54) is 0 Å². The van der Waals surface area contributed by atoms with E-state index in [1.807, 2.05) is 24.3 Å². The molecule has 0 bridgehead atoms. The van der Waals surface area contributed by atoms with Crippen molar-refractivity contribution in [2.24, 2.45) is 5.73 Å². The lowest BCUT2D eigenvalue weighted by molar-refractivity contribution is -0.0132. The highest BCUT2D eigenvalue weighted by atomic mass is 16.5. The zero-order chi connectivity index (χ0) is 13.5. The maximum absolute atomic E-state index is 5.81. The maximum atomic E-state index is 5.81. The molecule has 1 fully saturated rings. The van der Waals surface area contributed by atoms with Crippen molar-refractivity contribution in [3.8, 4) is 5.75 Å². The van der Waals surface area contributed by atoms with E-state index < -0.39 is 0 Å². The number of hydrogen-bond donors (Lipinski definition) is 1. The molecule has 4 nitrogen and oxygen atoms in total. The highest BCUT2D eigenvalue weighted by Gasteiger charge is 2.20. The van der Waals surface area contributed by atoms with Crippen LogP contribution in [0.15, 0.2) is 24.3 Å². The Balaban J connectivity index is 1.78. The standard InChI is InChI=1S/C15H24N2O2/c1-2-14-12-18-8-6-17(14)7-9-19-15-5-3-4-13(10-15)11-16/h3-5,10,14H,2,6-9,11-12,16H2,1H3. The van der Waals surface area contributed by atoms with Gasteiger partial charge in [-0.15, -0.1) is 0 Å². The summed E-state index contributed by atoms with van der Waals surface area (Å²) >= 11 is 0. The predicted octanol–water partition coefficient (Wildman–Crippen LogP) is 1.63. The van der Waals surface area contributed by atoms with E-state index in [4.69, 9.17) is 15.2 Å². The zero-order valence-corrected chi connectivity index (χ0v) is 11.7. The second-order valence-electron chi connectivity index (χ2n) is 4.87. The number of rotatable bonds is 6. The van der Waals surface area contributed by atoms with Crippen LogP contribution in [0.3, 0.4) is 0 Å². The first-order valence-corrected chi connectivity index (χ1v) is 7.07. The molecule has 1 aliphatic heterocycles. The molecule has 1 saturated heterocycles. The highest BCUT2D eigenvalue weighted by Crippen LogP contribution is 2.14. The van der Waals surface area contributed by atoms with E-state index in [9.17, 15) is 0 Å². The molecule has 1 atom stereocenters. The minimum absolute atomic E-state index is 0.535. The van der Waals surface area contributed by atoms with Crippen LogP contribution < -0.4 is 10.5 Å². The van der Waals surface area contributed by atoms with E-state index in [0.717, 1.165) is 44.0 Å². The molecule has 0 aliphatic carbocycles. The van der Waals surface area contributed by atoms with Crippen LogP contribution in [0.1, 0.15) is 18.9 Å². The van der Waals surface area contributed by atoms with Crippen LogP contribution >= 0.6 is 0 Å². The molecule has 0 radical (unpaired) electrons. The minimum atomic E-state index is 0.535. The number of hydrogen-bond acceptors (Lipinski definition) is 4. The Hall–Kier alpha value is -1.10. The third kappa shape index (κ3) is 4.20. The monoisotopic (exact) mass is 264 g/mol. The van der Waals surface area contributed by atoms with Crippen molar-refractivity contribution in [1.82, 2.24) is 4.90 Å². The summed E-state index contributed by atoms with van der Waals surface area (Å²) in [5.74, 6) is 0.907. The Morgan fingerprint density at radius 2 is 2.37 bits per heavy atom. The lowest BCUT2D eigenvalue weighted by atomic mass is 10.2. The topological polar surface area (TPSA) is 47.7 Å². The van der Waals surface area contributed by atoms with Crippen molar-refractivity contribution < 1.29 is 9.47 Å². The molecule has 106 valence electrons. The van der Waals surface area contributed by atoms with Crippen LogP contribution in [0.4, 0.5) is 0 Å². The Kier molecular flexibility index (Phi) is 5.63. The van der Waals surface area contributed by atoms with Gasteiger partial charge in [-0.1, -0.05) is 19.1 Å². The first-order chi connectivity index (χ1) is 9.33. The van der Waals surface area contributed by atoms with Gasteiger partial charge in [0.2, 0.25) is 0 Å². The van der Waals surface area contributed by atoms with E-state index in [-0.39, 0.29) is 0 Å². The van der Waals surface area contributed by atoms with Crippen LogP contribution in [0.5, 0.6) is 5.75 Å². The van der Waals surface area contributed by atoms with Gasteiger partial charge in [0, 0.05) is 25.7 Å². The van der Waals surface area contributed by atoms with Gasteiger partial charge in [0.15, 0.2) is 0 Å². The van der Waals surface area contributed by atoms with E-state index in [1.54, 1.807) is 0 Å². The van der Waals surface area contributed by atoms with Crippen molar-refractivity contribution in [2.45, 2.75) is 25.9 Å². The molecule has 1 unspecified atom stereocenters. The molecule has 19 heavy (non-hydrogen) atoms. The molecular formula is C15H24N2O2. The lowest BCUT2D eigenvalue weighted by Crippen LogP contribution is -2.46. The number of ether oxygens (including phenoxy) is 2. The number of morpholine rings is 1. The van der Waals surface area contributed by atoms with Gasteiger partial charge in [0.1, 0.15) is 12.4 Å². The summed E-state index contributed by atoms with van der Waals surface area (Å²) in [6.07, 6.45) is 1.13. The van der Waals surface area contributed by atoms with Crippen molar-refractivity contribution in [3.05, 3.63) is 29.8 Å². The fourth-order valence-electron chi connectivity index (χ4n) is 2.40. The molecule has 0 spiro atoms. The fourth-order valence-corrected chi connectivity index (χ4v) is 2.40. The van der Waals surface area contributed by atoms with Crippen LogP contribution in [-0.2, 0) is 11.3 Å². The van der Waals surface area contributed by atoms with E-state index in [2.05, 4.69) is 11.8 Å². The first kappa shape index (κ1) is 14.3. The second-order valence-corrected chi connectivity index (χ2v) is 4.87. The van der Waals surface area contributed by atoms with Gasteiger partial charge in [-0.2, -0.15) is 0 Å². The van der Waals surface area contributed by atoms with Crippen molar-refractivity contribution in [3.63, 3.8) is 0 Å². The largest absolute Gasteiger partial charge is 0.492 e. The molecule has 0 amide bonds. The summed E-state index contributed by atoms with van der Waals surface area (Å²) in [5, 5.41) is 0. The molecule has 1 aromatic carbocycles. The molecule has 0 saturated carbocycles. The SMILES string of the molecule is CCC1COCCN1CCOc1cccc(CN)c1. The van der Waals surface area contributed by atoms with Crippen LogP contribution in [0.2, 0.25) is 0 Å². The van der Waals surface area contributed by atoms with Crippen LogP contribution in [-0.4, -0.2) is 43.9 Å². The van der Waals surface area contributed by atoms with Crippen molar-refractivity contribution in [2.75, 3.05) is 32.9 Å². The Morgan fingerprint density at radius 3 is 3.16 bits per heavy atom. The fraction of sp³-hybridized carbons (Fsp3) is 0.600. The summed E-state index contributed by atoms with van der Waals surface area (Å²) in [5.41, 5.74) is 6.73. The van der Waals surface area contributed by atoms with Gasteiger partial charge in [0.05, 0.1) is 13.2 Å². The average molecular weight is 264 g/mol. The molecule has 2 N–H and O–H groups in total. The Morgan fingerprint density at radius 1 is 1.47 bits per heavy atom. The van der Waals surface area contributed by atoms with Crippen LogP contribution in [0.25, 0.3) is 0 Å². The van der Waals surface area contributed by atoms with Gasteiger partial charge < -0.3 is 15.2 Å². The van der Waals surface area contributed by atoms with Gasteiger partial charge in [-0.25, -0.2) is 0 Å². The normalized spacial score (nSPS) is 20.4. The minimum Gasteiger partial charge on any atom is -0.492 e. The quantitative estimate of drug-likeness (QED) is 0.848. The summed E-state index contributed by atoms with van der Waals surface area (Å²) in [6, 6.07) is 8.53. The molecule has 0 aromatic heterocycles. The maximum Gasteiger partial charge on any atom is 0.119 e.